The standard InChI is InChI=1S/C12H11ClF3N3S/c13-7-9(6-8-4-2-1-3-5-8)17-11-18-10(19-20-11)12(14,15)16/h1-5,9H,6-7H2,(H,17,18,19). The molecule has 0 aliphatic heterocycles. The summed E-state index contributed by atoms with van der Waals surface area (Å²) in [6.07, 6.45) is -3.92. The minimum Gasteiger partial charge on any atom is -0.356 e. The Labute approximate surface area is 123 Å². The van der Waals surface area contributed by atoms with Crippen molar-refractivity contribution in [2.45, 2.75) is 18.6 Å². The van der Waals surface area contributed by atoms with Gasteiger partial charge >= 0.3 is 6.18 Å². The Morgan fingerprint density at radius 3 is 2.50 bits per heavy atom. The second kappa shape index (κ2) is 6.41. The SMILES string of the molecule is FC(F)(F)c1nsc(NC(CCl)Cc2ccccc2)n1. The van der Waals surface area contributed by atoms with Crippen molar-refractivity contribution in [3.05, 3.63) is 41.7 Å². The van der Waals surface area contributed by atoms with Gasteiger partial charge in [-0.15, -0.1) is 11.6 Å². The highest BCUT2D eigenvalue weighted by Crippen LogP contribution is 2.29. The fourth-order valence-corrected chi connectivity index (χ4v) is 2.46. The molecule has 0 spiro atoms. The first-order chi connectivity index (χ1) is 9.49. The van der Waals surface area contributed by atoms with E-state index in [1.807, 2.05) is 30.3 Å². The van der Waals surface area contributed by atoms with Gasteiger partial charge in [0.15, 0.2) is 0 Å². The van der Waals surface area contributed by atoms with Crippen LogP contribution in [0.4, 0.5) is 18.3 Å². The van der Waals surface area contributed by atoms with Crippen LogP contribution in [0, 0.1) is 0 Å². The molecule has 1 atom stereocenters. The lowest BCUT2D eigenvalue weighted by molar-refractivity contribution is -0.144. The van der Waals surface area contributed by atoms with E-state index in [4.69, 9.17) is 11.6 Å². The lowest BCUT2D eigenvalue weighted by Crippen LogP contribution is -2.24. The van der Waals surface area contributed by atoms with E-state index in [1.165, 1.54) is 0 Å². The molecule has 3 nitrogen and oxygen atoms in total. The van der Waals surface area contributed by atoms with Crippen LogP contribution < -0.4 is 5.32 Å². The number of hydrogen-bond acceptors (Lipinski definition) is 4. The van der Waals surface area contributed by atoms with Crippen molar-refractivity contribution in [1.29, 1.82) is 0 Å². The Morgan fingerprint density at radius 2 is 1.95 bits per heavy atom. The molecule has 0 aliphatic carbocycles. The van der Waals surface area contributed by atoms with Crippen LogP contribution in [0.2, 0.25) is 0 Å². The molecular weight excluding hydrogens is 311 g/mol. The Kier molecular flexibility index (Phi) is 4.82. The quantitative estimate of drug-likeness (QED) is 0.851. The summed E-state index contributed by atoms with van der Waals surface area (Å²) in [7, 11) is 0. The van der Waals surface area contributed by atoms with Crippen LogP contribution in [-0.4, -0.2) is 21.3 Å². The van der Waals surface area contributed by atoms with Crippen LogP contribution in [0.5, 0.6) is 0 Å². The molecule has 2 rings (SSSR count). The molecule has 1 aromatic carbocycles. The van der Waals surface area contributed by atoms with E-state index in [1.54, 1.807) is 0 Å². The fourth-order valence-electron chi connectivity index (χ4n) is 1.61. The number of hydrogen-bond donors (Lipinski definition) is 1. The van der Waals surface area contributed by atoms with Gasteiger partial charge < -0.3 is 5.32 Å². The molecule has 0 saturated carbocycles. The number of nitrogens with zero attached hydrogens (tertiary/aromatic N) is 2. The highest BCUT2D eigenvalue weighted by molar-refractivity contribution is 7.09. The average molecular weight is 322 g/mol. The third kappa shape index (κ3) is 4.08. The first-order valence-corrected chi connectivity index (χ1v) is 7.07. The number of halogens is 4. The van der Waals surface area contributed by atoms with Crippen LogP contribution in [0.25, 0.3) is 0 Å². The third-order valence-electron chi connectivity index (χ3n) is 2.52. The third-order valence-corrected chi connectivity index (χ3v) is 3.54. The molecule has 0 fully saturated rings. The molecule has 1 aromatic heterocycles. The predicted molar refractivity (Wildman–Crippen MR) is 73.2 cm³/mol. The summed E-state index contributed by atoms with van der Waals surface area (Å²) in [5.74, 6) is -0.867. The summed E-state index contributed by atoms with van der Waals surface area (Å²) in [5.41, 5.74) is 1.05. The maximum absolute atomic E-state index is 12.4. The molecule has 0 radical (unpaired) electrons. The van der Waals surface area contributed by atoms with Gasteiger partial charge in [0.2, 0.25) is 11.0 Å². The van der Waals surface area contributed by atoms with E-state index in [2.05, 4.69) is 14.7 Å². The van der Waals surface area contributed by atoms with Crippen molar-refractivity contribution in [3.8, 4) is 0 Å². The van der Waals surface area contributed by atoms with Crippen LogP contribution in [0.3, 0.4) is 0 Å². The van der Waals surface area contributed by atoms with Gasteiger partial charge in [0.05, 0.1) is 0 Å². The fraction of sp³-hybridized carbons (Fsp3) is 0.333. The smallest absolute Gasteiger partial charge is 0.356 e. The van der Waals surface area contributed by atoms with Crippen molar-refractivity contribution in [3.63, 3.8) is 0 Å². The van der Waals surface area contributed by atoms with E-state index in [0.717, 1.165) is 5.56 Å². The predicted octanol–water partition coefficient (Wildman–Crippen LogP) is 3.82. The lowest BCUT2D eigenvalue weighted by atomic mass is 10.1. The van der Waals surface area contributed by atoms with Crippen molar-refractivity contribution < 1.29 is 13.2 Å². The van der Waals surface area contributed by atoms with Gasteiger partial charge in [-0.1, -0.05) is 30.3 Å². The molecule has 0 aliphatic rings. The number of aromatic nitrogens is 2. The zero-order valence-electron chi connectivity index (χ0n) is 10.2. The van der Waals surface area contributed by atoms with E-state index in [-0.39, 0.29) is 17.1 Å². The highest BCUT2D eigenvalue weighted by Gasteiger charge is 2.36. The monoisotopic (exact) mass is 321 g/mol. The molecule has 0 amide bonds. The summed E-state index contributed by atoms with van der Waals surface area (Å²) >= 11 is 6.52. The molecule has 2 aromatic rings. The van der Waals surface area contributed by atoms with Crippen molar-refractivity contribution in [1.82, 2.24) is 9.36 Å². The maximum Gasteiger partial charge on any atom is 0.452 e. The van der Waals surface area contributed by atoms with E-state index in [9.17, 15) is 13.2 Å². The van der Waals surface area contributed by atoms with E-state index < -0.39 is 12.0 Å². The second-order valence-electron chi connectivity index (χ2n) is 4.11. The van der Waals surface area contributed by atoms with Crippen molar-refractivity contribution >= 4 is 28.3 Å². The van der Waals surface area contributed by atoms with Gasteiger partial charge in [-0.25, -0.2) is 0 Å². The Balaban J connectivity index is 2.01. The van der Waals surface area contributed by atoms with Gasteiger partial charge in [-0.05, 0) is 12.0 Å². The number of rotatable bonds is 5. The normalized spacial score (nSPS) is 13.2. The molecule has 0 saturated heterocycles. The lowest BCUT2D eigenvalue weighted by Gasteiger charge is -2.14. The van der Waals surface area contributed by atoms with Crippen LogP contribution >= 0.6 is 23.1 Å². The zero-order chi connectivity index (χ0) is 14.6. The minimum atomic E-state index is -4.52. The molecule has 1 unspecified atom stereocenters. The first kappa shape index (κ1) is 15.1. The summed E-state index contributed by atoms with van der Waals surface area (Å²) in [6, 6.07) is 9.35. The summed E-state index contributed by atoms with van der Waals surface area (Å²) in [4.78, 5) is 3.42. The summed E-state index contributed by atoms with van der Waals surface area (Å²) < 4.78 is 40.5. The molecule has 1 heterocycles. The van der Waals surface area contributed by atoms with Crippen LogP contribution in [-0.2, 0) is 12.6 Å². The van der Waals surface area contributed by atoms with Crippen molar-refractivity contribution in [2.24, 2.45) is 0 Å². The van der Waals surface area contributed by atoms with E-state index >= 15 is 0 Å². The molecule has 20 heavy (non-hydrogen) atoms. The van der Waals surface area contributed by atoms with Gasteiger partial charge in [0, 0.05) is 23.5 Å². The maximum atomic E-state index is 12.4. The summed E-state index contributed by atoms with van der Waals surface area (Å²) in [6.45, 7) is 0. The van der Waals surface area contributed by atoms with Crippen LogP contribution in [0.1, 0.15) is 11.4 Å². The van der Waals surface area contributed by atoms with Crippen molar-refractivity contribution in [2.75, 3.05) is 11.2 Å². The Hall–Kier alpha value is -1.34. The van der Waals surface area contributed by atoms with Crippen LogP contribution in [0.15, 0.2) is 30.3 Å². The molecule has 1 N–H and O–H groups in total. The number of benzene rings is 1. The Morgan fingerprint density at radius 1 is 1.25 bits per heavy atom. The Bertz CT molecular complexity index is 544. The number of anilines is 1. The number of nitrogens with one attached hydrogen (secondary N) is 1. The summed E-state index contributed by atoms with van der Waals surface area (Å²) in [5, 5.41) is 3.01. The molecule has 8 heteroatoms. The average Bonchev–Trinajstić information content (AvgIpc) is 2.87. The molecule has 108 valence electrons. The minimum absolute atomic E-state index is 0.124. The topological polar surface area (TPSA) is 37.8 Å². The largest absolute Gasteiger partial charge is 0.452 e. The van der Waals surface area contributed by atoms with Gasteiger partial charge in [0.1, 0.15) is 0 Å². The van der Waals surface area contributed by atoms with Gasteiger partial charge in [-0.3, -0.25) is 0 Å². The highest BCUT2D eigenvalue weighted by atomic mass is 35.5. The van der Waals surface area contributed by atoms with Gasteiger partial charge in [-0.2, -0.15) is 22.5 Å². The molecular formula is C12H11ClF3N3S. The zero-order valence-corrected chi connectivity index (χ0v) is 11.8. The first-order valence-electron chi connectivity index (χ1n) is 5.76. The number of alkyl halides is 4. The second-order valence-corrected chi connectivity index (χ2v) is 5.17. The van der Waals surface area contributed by atoms with Gasteiger partial charge in [0.25, 0.3) is 0 Å². The van der Waals surface area contributed by atoms with E-state index in [0.29, 0.717) is 18.0 Å². The molecule has 0 bridgehead atoms.